The number of nitrogens with zero attached hydrogens (tertiary/aromatic N) is 1. The highest BCUT2D eigenvalue weighted by Gasteiger charge is 2.35. The summed E-state index contributed by atoms with van der Waals surface area (Å²) in [6.45, 7) is 8.07. The summed E-state index contributed by atoms with van der Waals surface area (Å²) in [4.78, 5) is 12.6. The fourth-order valence-corrected chi connectivity index (χ4v) is 4.71. The Balaban J connectivity index is 1.49. The maximum atomic E-state index is 12.6. The minimum atomic E-state index is -0.645. The van der Waals surface area contributed by atoms with E-state index in [0.29, 0.717) is 76.6 Å². The lowest BCUT2D eigenvalue weighted by Crippen LogP contribution is -2.31. The number of carbonyl (C=O) groups is 1. The fourth-order valence-electron chi connectivity index (χ4n) is 4.43. The molecule has 0 bridgehead atoms. The number of benzene rings is 2. The maximum Gasteiger partial charge on any atom is 0.336 e. The van der Waals surface area contributed by atoms with Crippen LogP contribution in [0, 0.1) is 11.3 Å². The zero-order chi connectivity index (χ0) is 29.8. The summed E-state index contributed by atoms with van der Waals surface area (Å²) < 4.78 is 22.3. The van der Waals surface area contributed by atoms with Gasteiger partial charge in [0.1, 0.15) is 30.0 Å². The van der Waals surface area contributed by atoms with Gasteiger partial charge in [0.15, 0.2) is 0 Å². The number of dihydropyridines is 1. The number of halogens is 1. The molecule has 0 aromatic heterocycles. The average Bonchev–Trinajstić information content (AvgIpc) is 2.96. The lowest BCUT2D eigenvalue weighted by Gasteiger charge is -2.28. The Bertz CT molecular complexity index is 1290. The first kappa shape index (κ1) is 31.8. The molecule has 0 spiro atoms. The Morgan fingerprint density at radius 3 is 2.32 bits per heavy atom. The molecule has 9 nitrogen and oxygen atoms in total. The first-order chi connectivity index (χ1) is 19.8. The number of ether oxygens (including phenoxy) is 4. The Kier molecular flexibility index (Phi) is 12.3. The van der Waals surface area contributed by atoms with Crippen LogP contribution in [0.25, 0.3) is 0 Å². The van der Waals surface area contributed by atoms with Crippen molar-refractivity contribution < 1.29 is 28.8 Å². The summed E-state index contributed by atoms with van der Waals surface area (Å²) >= 11 is 6.64. The molecule has 0 saturated carbocycles. The van der Waals surface area contributed by atoms with Crippen LogP contribution in [0.4, 0.5) is 0 Å². The Morgan fingerprint density at radius 2 is 1.71 bits per heavy atom. The second-order valence-corrected chi connectivity index (χ2v) is 10.0. The number of nitrogens with one attached hydrogen (secondary N) is 2. The minimum absolute atomic E-state index is 0.218. The molecule has 1 aliphatic heterocycles. The molecule has 2 unspecified atom stereocenters. The summed E-state index contributed by atoms with van der Waals surface area (Å²) in [7, 11) is 1.31. The van der Waals surface area contributed by atoms with Gasteiger partial charge < -0.3 is 34.7 Å². The molecule has 3 N–H and O–H groups in total. The largest absolute Gasteiger partial charge is 0.493 e. The van der Waals surface area contributed by atoms with E-state index in [4.69, 9.17) is 30.5 Å². The van der Waals surface area contributed by atoms with Crippen molar-refractivity contribution in [3.63, 3.8) is 0 Å². The van der Waals surface area contributed by atoms with Crippen molar-refractivity contribution in [2.24, 2.45) is 0 Å². The van der Waals surface area contributed by atoms with E-state index in [-0.39, 0.29) is 6.61 Å². The molecule has 41 heavy (non-hydrogen) atoms. The number of aliphatic hydroxyl groups is 1. The highest BCUT2D eigenvalue weighted by Crippen LogP contribution is 2.41. The van der Waals surface area contributed by atoms with Gasteiger partial charge in [0, 0.05) is 29.4 Å². The van der Waals surface area contributed by atoms with Gasteiger partial charge in [-0.05, 0) is 68.8 Å². The third kappa shape index (κ3) is 8.89. The zero-order valence-electron chi connectivity index (χ0n) is 24.0. The molecule has 1 heterocycles. The first-order valence-electron chi connectivity index (χ1n) is 13.6. The Hall–Kier alpha value is -3.71. The molecule has 0 fully saturated rings. The van der Waals surface area contributed by atoms with E-state index in [0.717, 1.165) is 13.0 Å². The molecular formula is C31H38ClN3O6. The van der Waals surface area contributed by atoms with Gasteiger partial charge in [0.05, 0.1) is 43.5 Å². The molecule has 0 amide bonds. The third-order valence-corrected chi connectivity index (χ3v) is 6.80. The van der Waals surface area contributed by atoms with Gasteiger partial charge in [-0.25, -0.2) is 4.79 Å². The van der Waals surface area contributed by atoms with Gasteiger partial charge in [-0.15, -0.1) is 0 Å². The predicted octanol–water partition coefficient (Wildman–Crippen LogP) is 4.86. The standard InChI is InChI=1S/C31H38ClN3O6/c1-5-13-34-18-22(36)19-41-24-9-7-23(8-10-24)39-14-6-15-40-25-11-12-26(28(32)16-25)30-27(17-33)20(2)35-21(3)29(30)31(37)38-4/h7-12,16,22,30,34-36H,5-6,13-15,18-19H2,1-4H3. The molecule has 3 rings (SSSR count). The summed E-state index contributed by atoms with van der Waals surface area (Å²) in [6, 6.07) is 14.7. The molecule has 220 valence electrons. The van der Waals surface area contributed by atoms with E-state index in [1.54, 1.807) is 44.2 Å². The number of aliphatic hydroxyl groups excluding tert-OH is 1. The molecule has 10 heteroatoms. The van der Waals surface area contributed by atoms with Crippen LogP contribution < -0.4 is 24.8 Å². The number of rotatable bonds is 15. The van der Waals surface area contributed by atoms with Crippen LogP contribution in [0.1, 0.15) is 45.1 Å². The molecule has 2 aromatic carbocycles. The van der Waals surface area contributed by atoms with Crippen LogP contribution in [0.5, 0.6) is 17.2 Å². The normalized spacial score (nSPS) is 15.6. The topological polar surface area (TPSA) is 122 Å². The lowest BCUT2D eigenvalue weighted by molar-refractivity contribution is -0.136. The van der Waals surface area contributed by atoms with E-state index in [9.17, 15) is 15.2 Å². The van der Waals surface area contributed by atoms with Crippen LogP contribution >= 0.6 is 11.6 Å². The van der Waals surface area contributed by atoms with E-state index in [1.807, 2.05) is 12.1 Å². The van der Waals surface area contributed by atoms with Crippen molar-refractivity contribution in [3.8, 4) is 23.3 Å². The number of nitriles is 1. The molecule has 0 saturated heterocycles. The van der Waals surface area contributed by atoms with Crippen molar-refractivity contribution in [2.75, 3.05) is 40.0 Å². The van der Waals surface area contributed by atoms with Crippen LogP contribution in [-0.4, -0.2) is 57.2 Å². The number of esters is 1. The van der Waals surface area contributed by atoms with Crippen molar-refractivity contribution in [1.82, 2.24) is 10.6 Å². The SMILES string of the molecule is CCCNCC(O)COc1ccc(OCCCOc2ccc(C3C(C#N)=C(C)NC(C)=C3C(=O)OC)c(Cl)c2)cc1. The number of carbonyl (C=O) groups excluding carboxylic acids is 1. The van der Waals surface area contributed by atoms with Gasteiger partial charge in [0.2, 0.25) is 0 Å². The molecule has 0 aliphatic carbocycles. The number of hydrogen-bond acceptors (Lipinski definition) is 9. The Morgan fingerprint density at radius 1 is 1.07 bits per heavy atom. The number of allylic oxidation sites excluding steroid dienone is 3. The first-order valence-corrected chi connectivity index (χ1v) is 14.0. The molecular weight excluding hydrogens is 546 g/mol. The monoisotopic (exact) mass is 583 g/mol. The minimum Gasteiger partial charge on any atom is -0.493 e. The van der Waals surface area contributed by atoms with Gasteiger partial charge in [-0.2, -0.15) is 5.26 Å². The fraction of sp³-hybridized carbons (Fsp3) is 0.419. The van der Waals surface area contributed by atoms with Crippen molar-refractivity contribution in [3.05, 3.63) is 75.6 Å². The highest BCUT2D eigenvalue weighted by atomic mass is 35.5. The van der Waals surface area contributed by atoms with Crippen LogP contribution in [0.3, 0.4) is 0 Å². The number of hydrogen-bond donors (Lipinski definition) is 3. The van der Waals surface area contributed by atoms with Gasteiger partial charge in [0.25, 0.3) is 0 Å². The second kappa shape index (κ2) is 15.9. The third-order valence-electron chi connectivity index (χ3n) is 6.47. The van der Waals surface area contributed by atoms with E-state index >= 15 is 0 Å². The Labute approximate surface area is 246 Å². The van der Waals surface area contributed by atoms with Gasteiger partial charge in [-0.1, -0.05) is 24.6 Å². The molecule has 0 radical (unpaired) electrons. The van der Waals surface area contributed by atoms with Gasteiger partial charge >= 0.3 is 5.97 Å². The zero-order valence-corrected chi connectivity index (χ0v) is 24.7. The van der Waals surface area contributed by atoms with Crippen LogP contribution in [0.15, 0.2) is 65.0 Å². The molecule has 2 atom stereocenters. The predicted molar refractivity (Wildman–Crippen MR) is 157 cm³/mol. The summed E-state index contributed by atoms with van der Waals surface area (Å²) in [5, 5.41) is 26.4. The highest BCUT2D eigenvalue weighted by molar-refractivity contribution is 6.31. The molecule has 1 aliphatic rings. The van der Waals surface area contributed by atoms with Crippen LogP contribution in [0.2, 0.25) is 5.02 Å². The maximum absolute atomic E-state index is 12.6. The molecule has 2 aromatic rings. The van der Waals surface area contributed by atoms with E-state index in [1.165, 1.54) is 7.11 Å². The lowest BCUT2D eigenvalue weighted by atomic mass is 9.81. The smallest absolute Gasteiger partial charge is 0.336 e. The quantitative estimate of drug-likeness (QED) is 0.199. The van der Waals surface area contributed by atoms with E-state index < -0.39 is 18.0 Å². The van der Waals surface area contributed by atoms with Crippen molar-refractivity contribution in [1.29, 1.82) is 5.26 Å². The van der Waals surface area contributed by atoms with Crippen molar-refractivity contribution in [2.45, 2.75) is 45.6 Å². The van der Waals surface area contributed by atoms with Crippen molar-refractivity contribution >= 4 is 17.6 Å². The van der Waals surface area contributed by atoms with E-state index in [2.05, 4.69) is 23.6 Å². The average molecular weight is 584 g/mol. The second-order valence-electron chi connectivity index (χ2n) is 9.61. The summed E-state index contributed by atoms with van der Waals surface area (Å²) in [5.74, 6) is 0.775. The van der Waals surface area contributed by atoms with Gasteiger partial charge in [-0.3, -0.25) is 0 Å². The van der Waals surface area contributed by atoms with Crippen LogP contribution in [-0.2, 0) is 9.53 Å². The summed E-state index contributed by atoms with van der Waals surface area (Å²) in [5.41, 5.74) is 2.65. The summed E-state index contributed by atoms with van der Waals surface area (Å²) in [6.07, 6.45) is 1.09. The number of methoxy groups -OCH3 is 1.